The molecule has 2 aliphatic heterocycles. The van der Waals surface area contributed by atoms with E-state index in [0.29, 0.717) is 11.7 Å². The van der Waals surface area contributed by atoms with Gasteiger partial charge in [-0.3, -0.25) is 9.69 Å². The van der Waals surface area contributed by atoms with Crippen LogP contribution >= 0.6 is 11.3 Å². The molecule has 0 unspecified atom stereocenters. The van der Waals surface area contributed by atoms with E-state index >= 15 is 0 Å². The van der Waals surface area contributed by atoms with Crippen LogP contribution in [0.5, 0.6) is 0 Å². The van der Waals surface area contributed by atoms with Crippen molar-refractivity contribution in [3.8, 4) is 0 Å². The second-order valence-electron chi connectivity index (χ2n) is 7.46. The summed E-state index contributed by atoms with van der Waals surface area (Å²) >= 11 is 1.89. The number of carbonyl (C=O) groups is 1. The van der Waals surface area contributed by atoms with Crippen LogP contribution in [-0.4, -0.2) is 56.9 Å². The minimum absolute atomic E-state index is 0.0430. The zero-order valence-corrected chi connectivity index (χ0v) is 16.2. The number of aryl methyl sites for hydroxylation is 1. The van der Waals surface area contributed by atoms with Gasteiger partial charge in [0, 0.05) is 42.5 Å². The van der Waals surface area contributed by atoms with Gasteiger partial charge in [-0.05, 0) is 51.2 Å². The summed E-state index contributed by atoms with van der Waals surface area (Å²) in [7, 11) is 0. The number of hydrogen-bond donors (Lipinski definition) is 0. The van der Waals surface area contributed by atoms with Crippen LogP contribution in [0.15, 0.2) is 18.3 Å². The second kappa shape index (κ2) is 7.88. The lowest BCUT2D eigenvalue weighted by atomic mass is 10.1. The molecule has 1 amide bonds. The van der Waals surface area contributed by atoms with Gasteiger partial charge in [0.05, 0.1) is 12.2 Å². The molecule has 0 N–H and O–H groups in total. The number of rotatable bonds is 4. The highest BCUT2D eigenvalue weighted by atomic mass is 32.1. The van der Waals surface area contributed by atoms with Gasteiger partial charge in [-0.25, -0.2) is 4.68 Å². The van der Waals surface area contributed by atoms with Gasteiger partial charge in [-0.2, -0.15) is 0 Å². The van der Waals surface area contributed by atoms with Crippen molar-refractivity contribution in [1.29, 1.82) is 0 Å². The van der Waals surface area contributed by atoms with Crippen molar-refractivity contribution in [2.24, 2.45) is 0 Å². The van der Waals surface area contributed by atoms with E-state index in [1.165, 1.54) is 16.2 Å². The molecule has 140 valence electrons. The monoisotopic (exact) mass is 373 g/mol. The molecule has 4 heterocycles. The molecule has 2 aromatic heterocycles. The maximum atomic E-state index is 12.6. The third-order valence-electron chi connectivity index (χ3n) is 5.48. The van der Waals surface area contributed by atoms with Gasteiger partial charge >= 0.3 is 0 Å². The van der Waals surface area contributed by atoms with Crippen molar-refractivity contribution < 1.29 is 4.79 Å². The third kappa shape index (κ3) is 3.99. The Labute approximate surface area is 158 Å². The molecule has 0 atom stereocenters. The van der Waals surface area contributed by atoms with E-state index in [1.807, 2.05) is 27.1 Å². The number of likely N-dealkylation sites (tertiary alicyclic amines) is 2. The van der Waals surface area contributed by atoms with Crippen molar-refractivity contribution in [3.63, 3.8) is 0 Å². The Hall–Kier alpha value is -1.73. The summed E-state index contributed by atoms with van der Waals surface area (Å²) in [5.74, 6) is 0.0430. The summed E-state index contributed by atoms with van der Waals surface area (Å²) in [6.45, 7) is 7.04. The minimum Gasteiger partial charge on any atom is -0.337 e. The molecule has 26 heavy (non-hydrogen) atoms. The van der Waals surface area contributed by atoms with E-state index < -0.39 is 0 Å². The lowest BCUT2D eigenvalue weighted by Gasteiger charge is -2.31. The van der Waals surface area contributed by atoms with Crippen LogP contribution in [0.3, 0.4) is 0 Å². The van der Waals surface area contributed by atoms with Gasteiger partial charge in [0.15, 0.2) is 5.69 Å². The Balaban J connectivity index is 1.32. The minimum atomic E-state index is 0.0430. The number of thiophene rings is 1. The first-order valence-electron chi connectivity index (χ1n) is 9.68. The number of piperidine rings is 2. The predicted octanol–water partition coefficient (Wildman–Crippen LogP) is 3.11. The lowest BCUT2D eigenvalue weighted by Crippen LogP contribution is -2.36. The first kappa shape index (κ1) is 17.7. The highest BCUT2D eigenvalue weighted by Crippen LogP contribution is 2.25. The summed E-state index contributed by atoms with van der Waals surface area (Å²) in [5, 5.41) is 8.44. The molecule has 0 spiro atoms. The molecule has 7 heteroatoms. The fourth-order valence-corrected chi connectivity index (χ4v) is 4.88. The predicted molar refractivity (Wildman–Crippen MR) is 102 cm³/mol. The van der Waals surface area contributed by atoms with Gasteiger partial charge in [0.2, 0.25) is 0 Å². The van der Waals surface area contributed by atoms with Gasteiger partial charge in [-0.15, -0.1) is 16.4 Å². The Morgan fingerprint density at radius 1 is 1.15 bits per heavy atom. The van der Waals surface area contributed by atoms with Crippen LogP contribution in [0.2, 0.25) is 0 Å². The number of carbonyl (C=O) groups excluding carboxylic acids is 1. The number of amides is 1. The van der Waals surface area contributed by atoms with Crippen LogP contribution in [0.1, 0.15) is 58.4 Å². The third-order valence-corrected chi connectivity index (χ3v) is 6.46. The average Bonchev–Trinajstić information content (AvgIpc) is 3.32. The standard InChI is InChI=1S/C19H27N5OS/c1-15-5-6-17(26-15)13-22-11-7-16(8-12-22)24-14-18(20-21-24)19(25)23-9-3-2-4-10-23/h5-6,14,16H,2-4,7-13H2,1H3. The highest BCUT2D eigenvalue weighted by molar-refractivity contribution is 7.11. The maximum absolute atomic E-state index is 12.6. The quantitative estimate of drug-likeness (QED) is 0.826. The fraction of sp³-hybridized carbons (Fsp3) is 0.632. The van der Waals surface area contributed by atoms with Gasteiger partial charge in [0.1, 0.15) is 0 Å². The largest absolute Gasteiger partial charge is 0.337 e. The molecular weight excluding hydrogens is 346 g/mol. The SMILES string of the molecule is Cc1ccc(CN2CCC(n3cc(C(=O)N4CCCCC4)nn3)CC2)s1. The summed E-state index contributed by atoms with van der Waals surface area (Å²) in [6.07, 6.45) is 7.40. The molecule has 0 radical (unpaired) electrons. The molecule has 2 fully saturated rings. The lowest BCUT2D eigenvalue weighted by molar-refractivity contribution is 0.0718. The number of hydrogen-bond acceptors (Lipinski definition) is 5. The molecule has 2 saturated heterocycles. The van der Waals surface area contributed by atoms with Gasteiger partial charge in [0.25, 0.3) is 5.91 Å². The Morgan fingerprint density at radius 2 is 1.92 bits per heavy atom. The highest BCUT2D eigenvalue weighted by Gasteiger charge is 2.25. The molecule has 0 bridgehead atoms. The number of nitrogens with zero attached hydrogens (tertiary/aromatic N) is 5. The van der Waals surface area contributed by atoms with Crippen molar-refractivity contribution in [2.45, 2.75) is 51.6 Å². The van der Waals surface area contributed by atoms with Gasteiger partial charge < -0.3 is 4.90 Å². The summed E-state index contributed by atoms with van der Waals surface area (Å²) < 4.78 is 1.92. The molecule has 2 aliphatic rings. The fourth-order valence-electron chi connectivity index (χ4n) is 3.94. The van der Waals surface area contributed by atoms with Crippen LogP contribution < -0.4 is 0 Å². The first-order chi connectivity index (χ1) is 12.7. The van der Waals surface area contributed by atoms with Gasteiger partial charge in [-0.1, -0.05) is 5.21 Å². The van der Waals surface area contributed by atoms with E-state index in [9.17, 15) is 4.79 Å². The molecule has 2 aromatic rings. The van der Waals surface area contributed by atoms with E-state index in [-0.39, 0.29) is 5.91 Å². The van der Waals surface area contributed by atoms with E-state index in [1.54, 1.807) is 0 Å². The Kier molecular flexibility index (Phi) is 5.36. The normalized spacial score (nSPS) is 19.8. The Morgan fingerprint density at radius 3 is 2.62 bits per heavy atom. The van der Waals surface area contributed by atoms with Crippen LogP contribution in [0, 0.1) is 6.92 Å². The average molecular weight is 374 g/mol. The molecule has 0 aliphatic carbocycles. The first-order valence-corrected chi connectivity index (χ1v) is 10.5. The van der Waals surface area contributed by atoms with E-state index in [2.05, 4.69) is 34.3 Å². The van der Waals surface area contributed by atoms with Crippen LogP contribution in [-0.2, 0) is 6.54 Å². The molecule has 4 rings (SSSR count). The number of aromatic nitrogens is 3. The molecule has 6 nitrogen and oxygen atoms in total. The van der Waals surface area contributed by atoms with Crippen molar-refractivity contribution in [1.82, 2.24) is 24.8 Å². The molecule has 0 saturated carbocycles. The molecule has 0 aromatic carbocycles. The van der Waals surface area contributed by atoms with Crippen molar-refractivity contribution in [3.05, 3.63) is 33.8 Å². The van der Waals surface area contributed by atoms with Crippen molar-refractivity contribution >= 4 is 17.2 Å². The van der Waals surface area contributed by atoms with Crippen LogP contribution in [0.4, 0.5) is 0 Å². The summed E-state index contributed by atoms with van der Waals surface area (Å²) in [5.41, 5.74) is 0.503. The maximum Gasteiger partial charge on any atom is 0.276 e. The van der Waals surface area contributed by atoms with Crippen molar-refractivity contribution in [2.75, 3.05) is 26.2 Å². The summed E-state index contributed by atoms with van der Waals surface area (Å²) in [6, 6.07) is 4.79. The zero-order valence-electron chi connectivity index (χ0n) is 15.4. The second-order valence-corrected chi connectivity index (χ2v) is 8.83. The Bertz CT molecular complexity index is 741. The molecular formula is C19H27N5OS. The topological polar surface area (TPSA) is 54.3 Å². The summed E-state index contributed by atoms with van der Waals surface area (Å²) in [4.78, 5) is 19.8. The smallest absolute Gasteiger partial charge is 0.276 e. The van der Waals surface area contributed by atoms with E-state index in [0.717, 1.165) is 58.4 Å². The zero-order chi connectivity index (χ0) is 17.9. The van der Waals surface area contributed by atoms with E-state index in [4.69, 9.17) is 0 Å². The van der Waals surface area contributed by atoms with Crippen LogP contribution in [0.25, 0.3) is 0 Å².